The Morgan fingerprint density at radius 3 is 2.22 bits per heavy atom. The third-order valence-electron chi connectivity index (χ3n) is 6.07. The van der Waals surface area contributed by atoms with Crippen molar-refractivity contribution in [2.75, 3.05) is 11.1 Å². The topological polar surface area (TPSA) is 98.7 Å². The number of rotatable bonds is 5. The molecular weight excluding hydrogens is 460 g/mol. The molecule has 0 saturated carbocycles. The number of nitrogens with zero attached hydrogens (tertiary/aromatic N) is 4. The van der Waals surface area contributed by atoms with Gasteiger partial charge in [0.2, 0.25) is 0 Å². The fourth-order valence-corrected chi connectivity index (χ4v) is 4.25. The van der Waals surface area contributed by atoms with E-state index in [2.05, 4.69) is 10.3 Å². The zero-order valence-electron chi connectivity index (χ0n) is 19.7. The van der Waals surface area contributed by atoms with Crippen LogP contribution in [0.15, 0.2) is 115 Å². The molecule has 3 aromatic heterocycles. The van der Waals surface area contributed by atoms with Gasteiger partial charge < -0.3 is 11.1 Å². The highest BCUT2D eigenvalue weighted by atomic mass is 16.1. The highest BCUT2D eigenvalue weighted by molar-refractivity contribution is 6.04. The van der Waals surface area contributed by atoms with E-state index in [-0.39, 0.29) is 5.91 Å². The summed E-state index contributed by atoms with van der Waals surface area (Å²) in [6.45, 7) is 0. The van der Waals surface area contributed by atoms with Gasteiger partial charge in [0.05, 0.1) is 11.3 Å². The van der Waals surface area contributed by atoms with Gasteiger partial charge in [-0.05, 0) is 60.7 Å². The van der Waals surface area contributed by atoms with Gasteiger partial charge in [0.25, 0.3) is 5.91 Å². The minimum atomic E-state index is -0.167. The lowest BCUT2D eigenvalue weighted by molar-refractivity contribution is 0.102. The largest absolute Gasteiger partial charge is 0.383 e. The van der Waals surface area contributed by atoms with Crippen molar-refractivity contribution in [2.45, 2.75) is 0 Å². The maximum absolute atomic E-state index is 12.6. The number of imidazole rings is 1. The van der Waals surface area contributed by atoms with Gasteiger partial charge in [0.1, 0.15) is 11.3 Å². The molecule has 0 atom stereocenters. The lowest BCUT2D eigenvalue weighted by atomic mass is 10.1. The molecule has 3 N–H and O–H groups in total. The Bertz CT molecular complexity index is 1710. The summed E-state index contributed by atoms with van der Waals surface area (Å²) in [6.07, 6.45) is 1.65. The molecule has 0 radical (unpaired) electrons. The van der Waals surface area contributed by atoms with Crippen molar-refractivity contribution < 1.29 is 4.79 Å². The molecule has 0 aliphatic carbocycles. The van der Waals surface area contributed by atoms with Crippen molar-refractivity contribution in [3.63, 3.8) is 0 Å². The normalized spacial score (nSPS) is 10.9. The van der Waals surface area contributed by atoms with Crippen molar-refractivity contribution >= 4 is 28.6 Å². The highest BCUT2D eigenvalue weighted by Crippen LogP contribution is 2.32. The van der Waals surface area contributed by atoms with E-state index in [0.29, 0.717) is 34.1 Å². The first kappa shape index (κ1) is 22.2. The van der Waals surface area contributed by atoms with Crippen LogP contribution in [0.25, 0.3) is 39.5 Å². The Labute approximate surface area is 213 Å². The van der Waals surface area contributed by atoms with Crippen molar-refractivity contribution in [1.82, 2.24) is 19.5 Å². The van der Waals surface area contributed by atoms with Gasteiger partial charge in [-0.3, -0.25) is 9.36 Å². The van der Waals surface area contributed by atoms with Crippen molar-refractivity contribution in [1.29, 1.82) is 0 Å². The van der Waals surface area contributed by atoms with Gasteiger partial charge in [-0.1, -0.05) is 48.5 Å². The van der Waals surface area contributed by atoms with Gasteiger partial charge in [0.15, 0.2) is 11.5 Å². The first-order chi connectivity index (χ1) is 18.2. The fourth-order valence-electron chi connectivity index (χ4n) is 4.25. The van der Waals surface area contributed by atoms with Crippen LogP contribution in [-0.2, 0) is 0 Å². The molecule has 0 fully saturated rings. The van der Waals surface area contributed by atoms with Crippen LogP contribution < -0.4 is 11.1 Å². The van der Waals surface area contributed by atoms with Crippen molar-refractivity contribution in [3.8, 4) is 28.3 Å². The number of nitrogens with two attached hydrogens (primary N) is 1. The average molecular weight is 483 g/mol. The van der Waals surface area contributed by atoms with Crippen LogP contribution in [0, 0.1) is 0 Å². The number of pyridine rings is 2. The quantitative estimate of drug-likeness (QED) is 0.315. The molecule has 0 aliphatic heterocycles. The predicted octanol–water partition coefficient (Wildman–Crippen LogP) is 5.98. The number of nitrogen functional groups attached to an aromatic ring is 1. The highest BCUT2D eigenvalue weighted by Gasteiger charge is 2.19. The Hall–Kier alpha value is -5.30. The fraction of sp³-hybridized carbons (Fsp3) is 0. The molecular formula is C30H22N6O. The zero-order valence-corrected chi connectivity index (χ0v) is 19.7. The summed E-state index contributed by atoms with van der Waals surface area (Å²) in [4.78, 5) is 26.7. The standard InChI is InChI=1S/C30H22N6O/c31-27-24(12-7-19-32-27)28-35-26-18-17-25(20-8-3-1-4-9-20)34-29(26)36(28)23-15-13-22(14-16-23)33-30(37)21-10-5-2-6-11-21/h1-19H,(H2,31,32)(H,33,37). The SMILES string of the molecule is Nc1ncccc1-c1nc2ccc(-c3ccccc3)nc2n1-c1ccc(NC(=O)c2ccccc2)cc1. The second kappa shape index (κ2) is 9.39. The predicted molar refractivity (Wildman–Crippen MR) is 146 cm³/mol. The van der Waals surface area contributed by atoms with Gasteiger partial charge in [-0.25, -0.2) is 15.0 Å². The summed E-state index contributed by atoms with van der Waals surface area (Å²) in [5.41, 5.74) is 12.3. The number of hydrogen-bond donors (Lipinski definition) is 2. The number of fused-ring (bicyclic) bond motifs is 1. The second-order valence-corrected chi connectivity index (χ2v) is 8.48. The monoisotopic (exact) mass is 482 g/mol. The van der Waals surface area contributed by atoms with E-state index in [1.54, 1.807) is 18.3 Å². The first-order valence-electron chi connectivity index (χ1n) is 11.8. The van der Waals surface area contributed by atoms with Crippen molar-refractivity contribution in [2.24, 2.45) is 0 Å². The molecule has 3 heterocycles. The Kier molecular flexibility index (Phi) is 5.63. The molecule has 0 saturated heterocycles. The summed E-state index contributed by atoms with van der Waals surface area (Å²) in [7, 11) is 0. The molecule has 178 valence electrons. The number of anilines is 2. The van der Waals surface area contributed by atoms with E-state index < -0.39 is 0 Å². The number of nitrogens with one attached hydrogen (secondary N) is 1. The number of carbonyl (C=O) groups is 1. The van der Waals surface area contributed by atoms with Gasteiger partial charge in [0, 0.05) is 28.7 Å². The summed E-state index contributed by atoms with van der Waals surface area (Å²) in [5.74, 6) is 0.855. The van der Waals surface area contributed by atoms with Crippen LogP contribution in [-0.4, -0.2) is 25.4 Å². The first-order valence-corrected chi connectivity index (χ1v) is 11.8. The molecule has 7 heteroatoms. The third-order valence-corrected chi connectivity index (χ3v) is 6.07. The van der Waals surface area contributed by atoms with Crippen LogP contribution in [0.3, 0.4) is 0 Å². The lowest BCUT2D eigenvalue weighted by Crippen LogP contribution is -2.11. The maximum atomic E-state index is 12.6. The van der Waals surface area contributed by atoms with Crippen LogP contribution in [0.4, 0.5) is 11.5 Å². The second-order valence-electron chi connectivity index (χ2n) is 8.48. The number of benzene rings is 3. The molecule has 0 aliphatic rings. The van der Waals surface area contributed by atoms with E-state index in [4.69, 9.17) is 15.7 Å². The van der Waals surface area contributed by atoms with E-state index in [1.807, 2.05) is 102 Å². The maximum Gasteiger partial charge on any atom is 0.255 e. The molecule has 0 spiro atoms. The van der Waals surface area contributed by atoms with Crippen LogP contribution in [0.2, 0.25) is 0 Å². The molecule has 0 unspecified atom stereocenters. The molecule has 1 amide bonds. The minimum absolute atomic E-state index is 0.167. The van der Waals surface area contributed by atoms with Gasteiger partial charge in [-0.15, -0.1) is 0 Å². The van der Waals surface area contributed by atoms with Gasteiger partial charge >= 0.3 is 0 Å². The molecule has 6 aromatic rings. The smallest absolute Gasteiger partial charge is 0.255 e. The minimum Gasteiger partial charge on any atom is -0.383 e. The Balaban J connectivity index is 1.45. The Morgan fingerprint density at radius 2 is 1.49 bits per heavy atom. The number of amides is 1. The zero-order chi connectivity index (χ0) is 25.2. The third kappa shape index (κ3) is 4.30. The van der Waals surface area contributed by atoms with Crippen LogP contribution in [0.5, 0.6) is 0 Å². The lowest BCUT2D eigenvalue weighted by Gasteiger charge is -2.12. The molecule has 37 heavy (non-hydrogen) atoms. The van der Waals surface area contributed by atoms with E-state index in [0.717, 1.165) is 22.5 Å². The van der Waals surface area contributed by atoms with E-state index in [9.17, 15) is 4.79 Å². The summed E-state index contributed by atoms with van der Waals surface area (Å²) >= 11 is 0. The summed E-state index contributed by atoms with van der Waals surface area (Å²) < 4.78 is 1.97. The molecule has 7 nitrogen and oxygen atoms in total. The van der Waals surface area contributed by atoms with Crippen molar-refractivity contribution in [3.05, 3.63) is 121 Å². The van der Waals surface area contributed by atoms with Crippen LogP contribution in [0.1, 0.15) is 10.4 Å². The molecule has 6 rings (SSSR count). The Morgan fingerprint density at radius 1 is 0.757 bits per heavy atom. The van der Waals surface area contributed by atoms with Crippen LogP contribution >= 0.6 is 0 Å². The summed E-state index contributed by atoms with van der Waals surface area (Å²) in [5, 5.41) is 2.94. The number of hydrogen-bond acceptors (Lipinski definition) is 5. The number of carbonyl (C=O) groups excluding carboxylic acids is 1. The molecule has 0 bridgehead atoms. The summed E-state index contributed by atoms with van der Waals surface area (Å²) in [6, 6.07) is 34.4. The van der Waals surface area contributed by atoms with E-state index >= 15 is 0 Å². The van der Waals surface area contributed by atoms with E-state index in [1.165, 1.54) is 0 Å². The van der Waals surface area contributed by atoms with Gasteiger partial charge in [-0.2, -0.15) is 0 Å². The molecule has 3 aromatic carbocycles. The number of aromatic nitrogens is 4. The average Bonchev–Trinajstić information content (AvgIpc) is 3.33.